The van der Waals surface area contributed by atoms with Crippen LogP contribution in [0, 0.1) is 10.1 Å². The SMILES string of the molecule is CS(=O)(=O)c1cccc(NCCCO)c1[N+](=O)[O-]. The van der Waals surface area contributed by atoms with E-state index in [-0.39, 0.29) is 17.2 Å². The third-order valence-electron chi connectivity index (χ3n) is 2.23. The first-order chi connectivity index (χ1) is 8.38. The second-order valence-electron chi connectivity index (χ2n) is 3.69. The zero-order chi connectivity index (χ0) is 13.8. The normalized spacial score (nSPS) is 11.2. The van der Waals surface area contributed by atoms with Gasteiger partial charge in [-0.25, -0.2) is 8.42 Å². The van der Waals surface area contributed by atoms with E-state index < -0.39 is 20.4 Å². The Morgan fingerprint density at radius 2 is 2.11 bits per heavy atom. The van der Waals surface area contributed by atoms with Crippen LogP contribution in [0.5, 0.6) is 0 Å². The van der Waals surface area contributed by atoms with Gasteiger partial charge in [0, 0.05) is 19.4 Å². The van der Waals surface area contributed by atoms with Crippen molar-refractivity contribution in [1.82, 2.24) is 0 Å². The van der Waals surface area contributed by atoms with E-state index in [1.807, 2.05) is 0 Å². The Hall–Kier alpha value is -1.67. The number of nitrogens with one attached hydrogen (secondary N) is 1. The molecule has 1 aromatic rings. The predicted molar refractivity (Wildman–Crippen MR) is 66.4 cm³/mol. The predicted octanol–water partition coefficient (Wildman–Crippen LogP) is 0.793. The monoisotopic (exact) mass is 274 g/mol. The molecule has 0 heterocycles. The molecular weight excluding hydrogens is 260 g/mol. The van der Waals surface area contributed by atoms with Crippen molar-refractivity contribution in [3.05, 3.63) is 28.3 Å². The van der Waals surface area contributed by atoms with Gasteiger partial charge in [0.15, 0.2) is 9.84 Å². The maximum atomic E-state index is 11.5. The van der Waals surface area contributed by atoms with Crippen molar-refractivity contribution in [2.45, 2.75) is 11.3 Å². The minimum Gasteiger partial charge on any atom is -0.396 e. The van der Waals surface area contributed by atoms with E-state index >= 15 is 0 Å². The minimum absolute atomic E-state index is 0.0490. The van der Waals surface area contributed by atoms with Gasteiger partial charge in [-0.3, -0.25) is 10.1 Å². The molecule has 0 radical (unpaired) electrons. The lowest BCUT2D eigenvalue weighted by Crippen LogP contribution is -2.09. The van der Waals surface area contributed by atoms with Crippen LogP contribution in [0.15, 0.2) is 23.1 Å². The quantitative estimate of drug-likeness (QED) is 0.451. The van der Waals surface area contributed by atoms with Gasteiger partial charge in [0.2, 0.25) is 0 Å². The molecule has 1 rings (SSSR count). The minimum atomic E-state index is -3.66. The summed E-state index contributed by atoms with van der Waals surface area (Å²) in [6.45, 7) is 0.275. The van der Waals surface area contributed by atoms with Gasteiger partial charge in [-0.05, 0) is 18.6 Å². The Balaban J connectivity index is 3.23. The molecule has 0 fully saturated rings. The first-order valence-corrected chi connectivity index (χ1v) is 7.09. The second kappa shape index (κ2) is 5.78. The van der Waals surface area contributed by atoms with E-state index in [1.165, 1.54) is 18.2 Å². The van der Waals surface area contributed by atoms with Gasteiger partial charge in [-0.1, -0.05) is 6.07 Å². The van der Waals surface area contributed by atoms with Crippen LogP contribution in [0.1, 0.15) is 6.42 Å². The van der Waals surface area contributed by atoms with Crippen molar-refractivity contribution in [2.75, 3.05) is 24.7 Å². The van der Waals surface area contributed by atoms with Crippen LogP contribution in [0.25, 0.3) is 0 Å². The number of aliphatic hydroxyl groups is 1. The summed E-state index contributed by atoms with van der Waals surface area (Å²) < 4.78 is 22.9. The summed E-state index contributed by atoms with van der Waals surface area (Å²) in [4.78, 5) is 9.93. The van der Waals surface area contributed by atoms with Gasteiger partial charge in [0.1, 0.15) is 10.6 Å². The van der Waals surface area contributed by atoms with Crippen LogP contribution >= 0.6 is 0 Å². The van der Waals surface area contributed by atoms with Crippen LogP contribution in [-0.4, -0.2) is 37.9 Å². The van der Waals surface area contributed by atoms with E-state index in [0.29, 0.717) is 13.0 Å². The zero-order valence-electron chi connectivity index (χ0n) is 9.79. The maximum Gasteiger partial charge on any atom is 0.310 e. The summed E-state index contributed by atoms with van der Waals surface area (Å²) in [7, 11) is -3.66. The van der Waals surface area contributed by atoms with E-state index in [1.54, 1.807) is 0 Å². The number of para-hydroxylation sites is 1. The smallest absolute Gasteiger partial charge is 0.310 e. The second-order valence-corrected chi connectivity index (χ2v) is 5.67. The fourth-order valence-corrected chi connectivity index (χ4v) is 2.32. The van der Waals surface area contributed by atoms with Gasteiger partial charge in [-0.15, -0.1) is 0 Å². The number of sulfone groups is 1. The summed E-state index contributed by atoms with van der Waals surface area (Å²) in [6, 6.07) is 4.07. The van der Waals surface area contributed by atoms with Crippen molar-refractivity contribution >= 4 is 21.2 Å². The lowest BCUT2D eigenvalue weighted by molar-refractivity contribution is -0.386. The van der Waals surface area contributed by atoms with Crippen LogP contribution in [0.3, 0.4) is 0 Å². The van der Waals surface area contributed by atoms with E-state index in [9.17, 15) is 18.5 Å². The van der Waals surface area contributed by atoms with Gasteiger partial charge >= 0.3 is 5.69 Å². The van der Waals surface area contributed by atoms with Crippen molar-refractivity contribution < 1.29 is 18.4 Å². The highest BCUT2D eigenvalue weighted by Crippen LogP contribution is 2.31. The highest BCUT2D eigenvalue weighted by molar-refractivity contribution is 7.90. The third kappa shape index (κ3) is 3.41. The number of nitrogens with zero attached hydrogens (tertiary/aromatic N) is 1. The number of aliphatic hydroxyl groups excluding tert-OH is 1. The number of hydrogen-bond donors (Lipinski definition) is 2. The molecule has 0 aliphatic carbocycles. The molecular formula is C10H14N2O5S. The average Bonchev–Trinajstić information content (AvgIpc) is 2.27. The Labute approximate surface area is 105 Å². The number of hydrogen-bond acceptors (Lipinski definition) is 6. The Bertz CT molecular complexity index is 541. The lowest BCUT2D eigenvalue weighted by atomic mass is 10.2. The van der Waals surface area contributed by atoms with Crippen LogP contribution in [0.4, 0.5) is 11.4 Å². The molecule has 100 valence electrons. The fraction of sp³-hybridized carbons (Fsp3) is 0.400. The molecule has 0 saturated carbocycles. The standard InChI is InChI=1S/C10H14N2O5S/c1-18(16,17)9-5-2-4-8(10(9)12(14)15)11-6-3-7-13/h2,4-5,11,13H,3,6-7H2,1H3. The summed E-state index contributed by atoms with van der Waals surface area (Å²) in [5.41, 5.74) is -0.325. The van der Waals surface area contributed by atoms with E-state index in [4.69, 9.17) is 5.11 Å². The topological polar surface area (TPSA) is 110 Å². The summed E-state index contributed by atoms with van der Waals surface area (Å²) >= 11 is 0. The average molecular weight is 274 g/mol. The molecule has 0 aromatic heterocycles. The number of nitro groups is 1. The largest absolute Gasteiger partial charge is 0.396 e. The molecule has 0 amide bonds. The number of rotatable bonds is 6. The zero-order valence-corrected chi connectivity index (χ0v) is 10.6. The lowest BCUT2D eigenvalue weighted by Gasteiger charge is -2.08. The molecule has 0 aliphatic heterocycles. The van der Waals surface area contributed by atoms with Crippen molar-refractivity contribution in [2.24, 2.45) is 0 Å². The van der Waals surface area contributed by atoms with Gasteiger partial charge in [-0.2, -0.15) is 0 Å². The number of benzene rings is 1. The highest BCUT2D eigenvalue weighted by atomic mass is 32.2. The van der Waals surface area contributed by atoms with Crippen molar-refractivity contribution in [3.8, 4) is 0 Å². The first-order valence-electron chi connectivity index (χ1n) is 5.20. The molecule has 0 unspecified atom stereocenters. The molecule has 7 nitrogen and oxygen atoms in total. The Morgan fingerprint density at radius 3 is 2.61 bits per heavy atom. The Morgan fingerprint density at radius 1 is 1.44 bits per heavy atom. The Kier molecular flexibility index (Phi) is 4.62. The van der Waals surface area contributed by atoms with Crippen molar-refractivity contribution in [3.63, 3.8) is 0 Å². The summed E-state index contributed by atoms with van der Waals surface area (Å²) in [5.74, 6) is 0. The first kappa shape index (κ1) is 14.4. The summed E-state index contributed by atoms with van der Waals surface area (Å²) in [5, 5.41) is 22.4. The van der Waals surface area contributed by atoms with Crippen molar-refractivity contribution in [1.29, 1.82) is 0 Å². The molecule has 0 aliphatic rings. The molecule has 0 spiro atoms. The van der Waals surface area contributed by atoms with Gasteiger partial charge < -0.3 is 10.4 Å². The van der Waals surface area contributed by atoms with Crippen LogP contribution in [0.2, 0.25) is 0 Å². The third-order valence-corrected chi connectivity index (χ3v) is 3.36. The maximum absolute atomic E-state index is 11.5. The molecule has 0 bridgehead atoms. The van der Waals surface area contributed by atoms with E-state index in [2.05, 4.69) is 5.32 Å². The van der Waals surface area contributed by atoms with Crippen LogP contribution < -0.4 is 5.32 Å². The molecule has 1 aromatic carbocycles. The van der Waals surface area contributed by atoms with E-state index in [0.717, 1.165) is 6.26 Å². The molecule has 0 saturated heterocycles. The molecule has 18 heavy (non-hydrogen) atoms. The summed E-state index contributed by atoms with van der Waals surface area (Å²) in [6.07, 6.45) is 1.34. The van der Waals surface area contributed by atoms with Gasteiger partial charge in [0.05, 0.1) is 4.92 Å². The molecule has 0 atom stereocenters. The van der Waals surface area contributed by atoms with Gasteiger partial charge in [0.25, 0.3) is 0 Å². The van der Waals surface area contributed by atoms with Crippen LogP contribution in [-0.2, 0) is 9.84 Å². The molecule has 8 heteroatoms. The fourth-order valence-electron chi connectivity index (χ4n) is 1.45. The number of nitro benzene ring substituents is 1. The molecule has 2 N–H and O–H groups in total. The highest BCUT2D eigenvalue weighted by Gasteiger charge is 2.25. The number of anilines is 1.